The lowest BCUT2D eigenvalue weighted by Gasteiger charge is -2.13. The molecule has 0 fully saturated rings. The van der Waals surface area contributed by atoms with Crippen molar-refractivity contribution in [3.8, 4) is 5.75 Å². The lowest BCUT2D eigenvalue weighted by atomic mass is 9.98. The molecule has 1 aromatic carbocycles. The summed E-state index contributed by atoms with van der Waals surface area (Å²) >= 11 is 0. The van der Waals surface area contributed by atoms with E-state index in [-0.39, 0.29) is 0 Å². The van der Waals surface area contributed by atoms with Gasteiger partial charge in [0.1, 0.15) is 5.75 Å². The Morgan fingerprint density at radius 2 is 1.71 bits per heavy atom. The zero-order valence-corrected chi connectivity index (χ0v) is 11.3. The van der Waals surface area contributed by atoms with Gasteiger partial charge in [-0.3, -0.25) is 0 Å². The summed E-state index contributed by atoms with van der Waals surface area (Å²) in [5, 5.41) is 0. The fourth-order valence-electron chi connectivity index (χ4n) is 1.84. The summed E-state index contributed by atoms with van der Waals surface area (Å²) in [5.74, 6) is 1.67. The van der Waals surface area contributed by atoms with Gasteiger partial charge in [-0.15, -0.1) is 0 Å². The van der Waals surface area contributed by atoms with E-state index >= 15 is 0 Å². The van der Waals surface area contributed by atoms with Gasteiger partial charge < -0.3 is 10.5 Å². The molecule has 0 spiro atoms. The van der Waals surface area contributed by atoms with Crippen LogP contribution < -0.4 is 10.5 Å². The Labute approximate surface area is 105 Å². The van der Waals surface area contributed by atoms with Crippen LogP contribution >= 0.6 is 0 Å². The minimum Gasteiger partial charge on any atom is -0.497 e. The molecule has 0 aliphatic rings. The monoisotopic (exact) mass is 235 g/mol. The number of hydrogen-bond acceptors (Lipinski definition) is 2. The van der Waals surface area contributed by atoms with Crippen LogP contribution in [-0.4, -0.2) is 13.2 Å². The smallest absolute Gasteiger partial charge is 0.118 e. The maximum Gasteiger partial charge on any atom is 0.118 e. The maximum atomic E-state index is 6.10. The van der Waals surface area contributed by atoms with Crippen LogP contribution in [0.25, 0.3) is 0 Å². The molecule has 0 saturated heterocycles. The van der Waals surface area contributed by atoms with E-state index < -0.39 is 0 Å². The molecule has 0 bridgehead atoms. The van der Waals surface area contributed by atoms with Gasteiger partial charge in [0.15, 0.2) is 0 Å². The van der Waals surface area contributed by atoms with E-state index in [0.29, 0.717) is 6.04 Å². The zero-order chi connectivity index (χ0) is 12.7. The van der Waals surface area contributed by atoms with Crippen LogP contribution in [0.2, 0.25) is 0 Å². The average molecular weight is 235 g/mol. The molecule has 0 heterocycles. The second kappa shape index (κ2) is 7.33. The van der Waals surface area contributed by atoms with Crippen LogP contribution in [0.1, 0.15) is 38.7 Å². The highest BCUT2D eigenvalue weighted by molar-refractivity contribution is 5.27. The number of methoxy groups -OCH3 is 1. The topological polar surface area (TPSA) is 35.2 Å². The van der Waals surface area contributed by atoms with Crippen molar-refractivity contribution < 1.29 is 4.74 Å². The van der Waals surface area contributed by atoms with Gasteiger partial charge in [0.2, 0.25) is 0 Å². The molecule has 1 aromatic rings. The minimum atomic E-state index is 0.333. The van der Waals surface area contributed by atoms with Gasteiger partial charge >= 0.3 is 0 Å². The second-order valence-corrected chi connectivity index (χ2v) is 5.12. The van der Waals surface area contributed by atoms with Crippen molar-refractivity contribution >= 4 is 0 Å². The zero-order valence-electron chi connectivity index (χ0n) is 11.3. The van der Waals surface area contributed by atoms with Gasteiger partial charge in [-0.2, -0.15) is 0 Å². The number of hydrogen-bond donors (Lipinski definition) is 1. The Bertz CT molecular complexity index is 305. The van der Waals surface area contributed by atoms with Crippen molar-refractivity contribution in [3.05, 3.63) is 29.8 Å². The predicted octanol–water partition coefficient (Wildman–Crippen LogP) is 3.39. The fraction of sp³-hybridized carbons (Fsp3) is 0.600. The summed E-state index contributed by atoms with van der Waals surface area (Å²) in [6.45, 7) is 4.49. The Kier molecular flexibility index (Phi) is 6.06. The molecule has 17 heavy (non-hydrogen) atoms. The van der Waals surface area contributed by atoms with Crippen LogP contribution in [0.5, 0.6) is 5.75 Å². The summed E-state index contributed by atoms with van der Waals surface area (Å²) in [6.07, 6.45) is 4.49. The molecule has 0 saturated carbocycles. The molecule has 1 atom stereocenters. The lowest BCUT2D eigenvalue weighted by Crippen LogP contribution is -2.21. The number of ether oxygens (including phenoxy) is 1. The van der Waals surface area contributed by atoms with Gasteiger partial charge in [0.25, 0.3) is 0 Å². The molecule has 0 aromatic heterocycles. The van der Waals surface area contributed by atoms with Crippen LogP contribution in [0.15, 0.2) is 24.3 Å². The highest BCUT2D eigenvalue weighted by Gasteiger charge is 2.04. The van der Waals surface area contributed by atoms with E-state index in [2.05, 4.69) is 26.0 Å². The Morgan fingerprint density at radius 1 is 1.06 bits per heavy atom. The third-order valence-electron chi connectivity index (χ3n) is 3.08. The Balaban J connectivity index is 2.29. The predicted molar refractivity (Wildman–Crippen MR) is 73.4 cm³/mol. The van der Waals surface area contributed by atoms with Crippen LogP contribution in [-0.2, 0) is 6.42 Å². The van der Waals surface area contributed by atoms with E-state index in [4.69, 9.17) is 10.5 Å². The van der Waals surface area contributed by atoms with Gasteiger partial charge in [0.05, 0.1) is 7.11 Å². The Morgan fingerprint density at radius 3 is 2.24 bits per heavy atom. The summed E-state index contributed by atoms with van der Waals surface area (Å²) < 4.78 is 5.13. The number of aryl methyl sites for hydroxylation is 1. The first-order chi connectivity index (χ1) is 8.11. The van der Waals surface area contributed by atoms with Crippen molar-refractivity contribution in [2.75, 3.05) is 7.11 Å². The normalized spacial score (nSPS) is 12.8. The highest BCUT2D eigenvalue weighted by Crippen LogP contribution is 2.14. The van der Waals surface area contributed by atoms with Gasteiger partial charge in [-0.1, -0.05) is 26.0 Å². The van der Waals surface area contributed by atoms with E-state index in [1.54, 1.807) is 7.11 Å². The summed E-state index contributed by atoms with van der Waals surface area (Å²) in [7, 11) is 1.69. The number of rotatable bonds is 7. The van der Waals surface area contributed by atoms with E-state index in [1.807, 2.05) is 12.1 Å². The molecule has 2 nitrogen and oxygen atoms in total. The van der Waals surface area contributed by atoms with Crippen molar-refractivity contribution in [1.82, 2.24) is 0 Å². The van der Waals surface area contributed by atoms with Crippen LogP contribution in [0, 0.1) is 5.92 Å². The first-order valence-corrected chi connectivity index (χ1v) is 6.50. The van der Waals surface area contributed by atoms with E-state index in [1.165, 1.54) is 12.0 Å². The standard InChI is InChI=1S/C15H25NO/c1-12(2)4-8-14(16)9-5-13-6-10-15(17-3)11-7-13/h6-7,10-12,14H,4-5,8-9,16H2,1-3H3. The lowest BCUT2D eigenvalue weighted by molar-refractivity contribution is 0.414. The van der Waals surface area contributed by atoms with Crippen molar-refractivity contribution in [2.24, 2.45) is 11.7 Å². The van der Waals surface area contributed by atoms with Crippen LogP contribution in [0.4, 0.5) is 0 Å². The van der Waals surface area contributed by atoms with E-state index in [0.717, 1.165) is 30.9 Å². The molecule has 0 amide bonds. The van der Waals surface area contributed by atoms with Crippen molar-refractivity contribution in [2.45, 2.75) is 45.6 Å². The SMILES string of the molecule is COc1ccc(CCC(N)CCC(C)C)cc1. The van der Waals surface area contributed by atoms with Gasteiger partial charge in [0, 0.05) is 6.04 Å². The summed E-state index contributed by atoms with van der Waals surface area (Å²) in [4.78, 5) is 0. The summed E-state index contributed by atoms with van der Waals surface area (Å²) in [5.41, 5.74) is 7.44. The molecule has 0 aliphatic carbocycles. The maximum absolute atomic E-state index is 6.10. The molecule has 2 heteroatoms. The minimum absolute atomic E-state index is 0.333. The molecule has 2 N–H and O–H groups in total. The third kappa shape index (κ3) is 5.73. The summed E-state index contributed by atoms with van der Waals surface area (Å²) in [6, 6.07) is 8.59. The fourth-order valence-corrected chi connectivity index (χ4v) is 1.84. The molecule has 0 aliphatic heterocycles. The second-order valence-electron chi connectivity index (χ2n) is 5.12. The Hall–Kier alpha value is -1.02. The number of benzene rings is 1. The van der Waals surface area contributed by atoms with Crippen LogP contribution in [0.3, 0.4) is 0 Å². The third-order valence-corrected chi connectivity index (χ3v) is 3.08. The molecule has 0 radical (unpaired) electrons. The average Bonchev–Trinajstić information content (AvgIpc) is 2.34. The van der Waals surface area contributed by atoms with Crippen molar-refractivity contribution in [3.63, 3.8) is 0 Å². The first kappa shape index (κ1) is 14.0. The molecular formula is C15H25NO. The quantitative estimate of drug-likeness (QED) is 0.786. The largest absolute Gasteiger partial charge is 0.497 e. The molecule has 1 unspecified atom stereocenters. The first-order valence-electron chi connectivity index (χ1n) is 6.50. The number of nitrogens with two attached hydrogens (primary N) is 1. The molecular weight excluding hydrogens is 210 g/mol. The van der Waals surface area contributed by atoms with E-state index in [9.17, 15) is 0 Å². The van der Waals surface area contributed by atoms with Gasteiger partial charge in [-0.25, -0.2) is 0 Å². The highest BCUT2D eigenvalue weighted by atomic mass is 16.5. The van der Waals surface area contributed by atoms with Gasteiger partial charge in [-0.05, 0) is 49.3 Å². The van der Waals surface area contributed by atoms with Crippen molar-refractivity contribution in [1.29, 1.82) is 0 Å². The molecule has 1 rings (SSSR count). The molecule has 96 valence electrons.